The molecule has 0 saturated heterocycles. The number of hydrogen-bond acceptors (Lipinski definition) is 9. The van der Waals surface area contributed by atoms with Crippen LogP contribution in [0, 0.1) is 20.8 Å². The number of hydrogen-bond donors (Lipinski definition) is 1. The molecule has 1 N–H and O–H groups in total. The van der Waals surface area contributed by atoms with E-state index in [-0.39, 0.29) is 46.5 Å². The van der Waals surface area contributed by atoms with E-state index < -0.39 is 0 Å². The molecule has 4 aliphatic carbocycles. The van der Waals surface area contributed by atoms with Gasteiger partial charge >= 0.3 is 5.63 Å². The standard InChI is InChI=1S/C10H10ClNO.C10H11NO2.C10H10O3.C6H8O2/c1-6-5-9(11)12-7-3-2-4-8(13)10(6)7;1-6-5-9(13)11-7-3-2-4-8(12)10(6)7;1-6-5-9(12)13-8-4-2-3-7(11)10(6)8;7-5-2-1-3-6(8)4-5/h5H,2-4H2,1H3;5H,2-4H2,1H3,(H,11,13);5H,2-4H2,1H3;1-4H2. The van der Waals surface area contributed by atoms with Gasteiger partial charge in [0.2, 0.25) is 5.56 Å². The quantitative estimate of drug-likeness (QED) is 0.227. The number of carbonyl (C=O) groups excluding carboxylic acids is 5. The molecule has 47 heavy (non-hydrogen) atoms. The van der Waals surface area contributed by atoms with Gasteiger partial charge in [-0.05, 0) is 82.1 Å². The number of halogens is 1. The lowest BCUT2D eigenvalue weighted by Crippen LogP contribution is -2.20. The Morgan fingerprint density at radius 2 is 1.15 bits per heavy atom. The molecule has 1 fully saturated rings. The summed E-state index contributed by atoms with van der Waals surface area (Å²) in [5, 5.41) is 0.492. The van der Waals surface area contributed by atoms with Crippen molar-refractivity contribution < 1.29 is 28.4 Å². The minimum atomic E-state index is -0.356. The number of pyridine rings is 2. The largest absolute Gasteiger partial charge is 0.427 e. The molecular weight excluding hydrogens is 624 g/mol. The summed E-state index contributed by atoms with van der Waals surface area (Å²) in [6, 6.07) is 4.62. The molecule has 11 heteroatoms. The van der Waals surface area contributed by atoms with Crippen molar-refractivity contribution in [2.45, 2.75) is 104 Å². The average molecular weight is 663 g/mol. The number of aryl methyl sites for hydroxylation is 6. The van der Waals surface area contributed by atoms with E-state index in [1.54, 1.807) is 13.0 Å². The van der Waals surface area contributed by atoms with Crippen LogP contribution in [0.25, 0.3) is 0 Å². The molecule has 0 bridgehead atoms. The second-order valence-corrected chi connectivity index (χ2v) is 12.6. The van der Waals surface area contributed by atoms with Gasteiger partial charge in [-0.3, -0.25) is 28.8 Å². The maximum atomic E-state index is 11.5. The number of H-pyrrole nitrogens is 1. The Morgan fingerprint density at radius 3 is 1.79 bits per heavy atom. The normalized spacial score (nSPS) is 16.6. The third-order valence-electron chi connectivity index (χ3n) is 8.41. The zero-order valence-electron chi connectivity index (χ0n) is 27.0. The number of fused-ring (bicyclic) bond motifs is 3. The van der Waals surface area contributed by atoms with Crippen molar-refractivity contribution in [2.75, 3.05) is 0 Å². The molecule has 3 heterocycles. The van der Waals surface area contributed by atoms with Crippen LogP contribution in [0.4, 0.5) is 0 Å². The van der Waals surface area contributed by atoms with Crippen LogP contribution in [0.3, 0.4) is 0 Å². The molecule has 0 unspecified atom stereocenters. The zero-order chi connectivity index (χ0) is 34.2. The molecule has 0 spiro atoms. The second-order valence-electron chi connectivity index (χ2n) is 12.2. The first-order valence-electron chi connectivity index (χ1n) is 16.0. The molecule has 0 atom stereocenters. The van der Waals surface area contributed by atoms with Crippen LogP contribution < -0.4 is 11.2 Å². The molecule has 0 amide bonds. The fraction of sp³-hybridized carbons (Fsp3) is 0.444. The van der Waals surface area contributed by atoms with Crippen LogP contribution in [-0.4, -0.2) is 38.9 Å². The summed E-state index contributed by atoms with van der Waals surface area (Å²) in [7, 11) is 0. The van der Waals surface area contributed by atoms with Gasteiger partial charge in [-0.15, -0.1) is 0 Å². The van der Waals surface area contributed by atoms with Gasteiger partial charge in [-0.1, -0.05) is 11.6 Å². The van der Waals surface area contributed by atoms with Crippen LogP contribution in [0.1, 0.15) is 129 Å². The van der Waals surface area contributed by atoms with Crippen LogP contribution in [0.5, 0.6) is 0 Å². The van der Waals surface area contributed by atoms with Gasteiger partial charge in [0.1, 0.15) is 22.5 Å². The lowest BCUT2D eigenvalue weighted by molar-refractivity contribution is -0.129. The van der Waals surface area contributed by atoms with Crippen LogP contribution in [0.2, 0.25) is 5.15 Å². The van der Waals surface area contributed by atoms with Crippen molar-refractivity contribution in [3.05, 3.63) is 94.7 Å². The number of ketones is 5. The molecule has 4 aliphatic rings. The highest BCUT2D eigenvalue weighted by atomic mass is 35.5. The van der Waals surface area contributed by atoms with Crippen LogP contribution >= 0.6 is 11.6 Å². The summed E-state index contributed by atoms with van der Waals surface area (Å²) in [6.45, 7) is 5.51. The van der Waals surface area contributed by atoms with E-state index in [0.717, 1.165) is 77.7 Å². The van der Waals surface area contributed by atoms with Crippen molar-refractivity contribution >= 4 is 40.5 Å². The summed E-state index contributed by atoms with van der Waals surface area (Å²) in [4.78, 5) is 84.4. The first-order chi connectivity index (χ1) is 22.3. The molecular formula is C36H39ClN2O8. The van der Waals surface area contributed by atoms with E-state index in [1.165, 1.54) is 12.1 Å². The molecule has 3 aromatic heterocycles. The van der Waals surface area contributed by atoms with Crippen molar-refractivity contribution in [1.29, 1.82) is 0 Å². The molecule has 0 aliphatic heterocycles. The van der Waals surface area contributed by atoms with E-state index in [2.05, 4.69) is 9.97 Å². The van der Waals surface area contributed by atoms with Gasteiger partial charge in [0, 0.05) is 67.5 Å². The molecule has 10 nitrogen and oxygen atoms in total. The number of Topliss-reactive ketones (excluding diaryl/α,β-unsaturated/α-hetero) is 5. The number of aromatic amines is 1. The van der Waals surface area contributed by atoms with Gasteiger partial charge in [0.05, 0.1) is 17.7 Å². The minimum absolute atomic E-state index is 0.0995. The number of carbonyl (C=O) groups is 5. The maximum absolute atomic E-state index is 11.5. The Morgan fingerprint density at radius 1 is 0.617 bits per heavy atom. The highest BCUT2D eigenvalue weighted by Gasteiger charge is 2.23. The number of nitrogens with one attached hydrogen (secondary N) is 1. The van der Waals surface area contributed by atoms with Crippen molar-refractivity contribution in [2.24, 2.45) is 0 Å². The Kier molecular flexibility index (Phi) is 12.1. The van der Waals surface area contributed by atoms with Crippen LogP contribution in [0.15, 0.2) is 32.2 Å². The molecule has 7 rings (SSSR count). The topological polar surface area (TPSA) is 161 Å². The van der Waals surface area contributed by atoms with Gasteiger partial charge in [0.25, 0.3) is 0 Å². The van der Waals surface area contributed by atoms with E-state index in [1.807, 2.05) is 13.8 Å². The van der Waals surface area contributed by atoms with E-state index in [4.69, 9.17) is 16.0 Å². The average Bonchev–Trinajstić information content (AvgIpc) is 2.97. The summed E-state index contributed by atoms with van der Waals surface area (Å²) in [5.74, 6) is 1.27. The Labute approximate surface area is 277 Å². The number of aromatic nitrogens is 2. The van der Waals surface area contributed by atoms with Crippen molar-refractivity contribution in [1.82, 2.24) is 9.97 Å². The molecule has 3 aromatic rings. The Bertz CT molecular complexity index is 1760. The maximum Gasteiger partial charge on any atom is 0.336 e. The first kappa shape index (κ1) is 35.5. The third-order valence-corrected chi connectivity index (χ3v) is 8.60. The van der Waals surface area contributed by atoms with Gasteiger partial charge in [0.15, 0.2) is 17.3 Å². The second kappa shape index (κ2) is 16.0. The lowest BCUT2D eigenvalue weighted by Gasteiger charge is -2.15. The third kappa shape index (κ3) is 9.38. The predicted molar refractivity (Wildman–Crippen MR) is 176 cm³/mol. The summed E-state index contributed by atoms with van der Waals surface area (Å²) >= 11 is 5.81. The highest BCUT2D eigenvalue weighted by Crippen LogP contribution is 2.25. The number of nitrogens with zero attached hydrogens (tertiary/aromatic N) is 1. The molecule has 0 aromatic carbocycles. The zero-order valence-corrected chi connectivity index (χ0v) is 27.8. The molecule has 1 saturated carbocycles. The smallest absolute Gasteiger partial charge is 0.336 e. The van der Waals surface area contributed by atoms with Crippen molar-refractivity contribution in [3.63, 3.8) is 0 Å². The minimum Gasteiger partial charge on any atom is -0.427 e. The van der Waals surface area contributed by atoms with Gasteiger partial charge in [-0.2, -0.15) is 0 Å². The lowest BCUT2D eigenvalue weighted by atomic mass is 9.92. The van der Waals surface area contributed by atoms with E-state index >= 15 is 0 Å². The Hall–Kier alpha value is -4.31. The predicted octanol–water partition coefficient (Wildman–Crippen LogP) is 5.93. The van der Waals surface area contributed by atoms with Crippen molar-refractivity contribution in [3.8, 4) is 0 Å². The summed E-state index contributed by atoms with van der Waals surface area (Å²) in [6.07, 6.45) is 8.98. The Balaban J connectivity index is 0.000000144. The summed E-state index contributed by atoms with van der Waals surface area (Å²) < 4.78 is 4.97. The highest BCUT2D eigenvalue weighted by molar-refractivity contribution is 6.29. The SMILES string of the molecule is Cc1cc(=O)[nH]c2c1C(=O)CCC2.Cc1cc(=O)oc2c1C(=O)CCC2.Cc1cc(Cl)nc2c1C(=O)CCC2.O=C1CCCC(=O)C1. The van der Waals surface area contributed by atoms with E-state index in [9.17, 15) is 33.6 Å². The molecule has 248 valence electrons. The van der Waals surface area contributed by atoms with E-state index in [0.29, 0.717) is 55.0 Å². The fourth-order valence-corrected chi connectivity index (χ4v) is 6.58. The van der Waals surface area contributed by atoms with Crippen LogP contribution in [-0.2, 0) is 28.9 Å². The van der Waals surface area contributed by atoms with Gasteiger partial charge in [-0.25, -0.2) is 9.78 Å². The first-order valence-corrected chi connectivity index (χ1v) is 16.4. The monoisotopic (exact) mass is 662 g/mol. The number of rotatable bonds is 0. The summed E-state index contributed by atoms with van der Waals surface area (Å²) in [5.41, 5.74) is 5.92. The van der Waals surface area contributed by atoms with Gasteiger partial charge < -0.3 is 9.40 Å². The fourth-order valence-electron chi connectivity index (χ4n) is 6.32. The molecule has 0 radical (unpaired) electrons.